The number of amides is 1. The molecule has 3 rings (SSSR count). The first kappa shape index (κ1) is 19.9. The minimum Gasteiger partial charge on any atom is -0.322 e. The Morgan fingerprint density at radius 1 is 1.00 bits per heavy atom. The van der Waals surface area contributed by atoms with Gasteiger partial charge in [0.05, 0.1) is 0 Å². The number of benzene rings is 2. The SMILES string of the molecule is CCN1CCN(Cc2ccc(NC(=O)c3cccc(CSC)c3)cc2)CC1. The van der Waals surface area contributed by atoms with E-state index in [1.54, 1.807) is 11.8 Å². The zero-order valence-electron chi connectivity index (χ0n) is 16.3. The fraction of sp³-hybridized carbons (Fsp3) is 0.409. The lowest BCUT2D eigenvalue weighted by atomic mass is 10.1. The molecule has 2 aromatic rings. The summed E-state index contributed by atoms with van der Waals surface area (Å²) < 4.78 is 0. The number of nitrogens with one attached hydrogen (secondary N) is 1. The Morgan fingerprint density at radius 2 is 1.70 bits per heavy atom. The number of nitrogens with zero attached hydrogens (tertiary/aromatic N) is 2. The van der Waals surface area contributed by atoms with Crippen LogP contribution in [0.15, 0.2) is 48.5 Å². The molecule has 2 aromatic carbocycles. The average molecular weight is 384 g/mol. The summed E-state index contributed by atoms with van der Waals surface area (Å²) in [5.74, 6) is 0.865. The van der Waals surface area contributed by atoms with Crippen molar-refractivity contribution in [2.24, 2.45) is 0 Å². The Labute approximate surface area is 166 Å². The summed E-state index contributed by atoms with van der Waals surface area (Å²) in [6.45, 7) is 8.89. The first-order valence-electron chi connectivity index (χ1n) is 9.61. The van der Waals surface area contributed by atoms with Crippen LogP contribution in [0, 0.1) is 0 Å². The molecule has 1 amide bonds. The van der Waals surface area contributed by atoms with Crippen LogP contribution in [0.4, 0.5) is 5.69 Å². The Balaban J connectivity index is 1.54. The van der Waals surface area contributed by atoms with Crippen molar-refractivity contribution in [2.45, 2.75) is 19.2 Å². The van der Waals surface area contributed by atoms with E-state index in [0.717, 1.165) is 50.7 Å². The molecule has 0 aromatic heterocycles. The van der Waals surface area contributed by atoms with Crippen LogP contribution in [0.1, 0.15) is 28.4 Å². The van der Waals surface area contributed by atoms with E-state index in [1.807, 2.05) is 30.3 Å². The Morgan fingerprint density at radius 3 is 2.37 bits per heavy atom. The van der Waals surface area contributed by atoms with Gasteiger partial charge in [0.1, 0.15) is 0 Å². The quantitative estimate of drug-likeness (QED) is 0.786. The molecular formula is C22H29N3OS. The van der Waals surface area contributed by atoms with E-state index >= 15 is 0 Å². The zero-order valence-corrected chi connectivity index (χ0v) is 17.1. The van der Waals surface area contributed by atoms with Gasteiger partial charge in [0.2, 0.25) is 0 Å². The summed E-state index contributed by atoms with van der Waals surface area (Å²) in [5, 5.41) is 3.01. The van der Waals surface area contributed by atoms with E-state index in [1.165, 1.54) is 11.1 Å². The van der Waals surface area contributed by atoms with Gasteiger partial charge < -0.3 is 10.2 Å². The normalized spacial score (nSPS) is 15.6. The second-order valence-electron chi connectivity index (χ2n) is 6.99. The number of carbonyl (C=O) groups is 1. The monoisotopic (exact) mass is 383 g/mol. The van der Waals surface area contributed by atoms with Crippen LogP contribution in [0.25, 0.3) is 0 Å². The van der Waals surface area contributed by atoms with Gasteiger partial charge in [-0.15, -0.1) is 0 Å². The number of hydrogen-bond acceptors (Lipinski definition) is 4. The highest BCUT2D eigenvalue weighted by atomic mass is 32.2. The molecule has 0 unspecified atom stereocenters. The summed E-state index contributed by atoms with van der Waals surface area (Å²) in [6, 6.07) is 16.1. The first-order valence-corrected chi connectivity index (χ1v) is 11.0. The van der Waals surface area contributed by atoms with Crippen molar-refractivity contribution in [3.63, 3.8) is 0 Å². The van der Waals surface area contributed by atoms with Crippen molar-refractivity contribution in [1.29, 1.82) is 0 Å². The van der Waals surface area contributed by atoms with Gasteiger partial charge in [-0.1, -0.05) is 31.2 Å². The van der Waals surface area contributed by atoms with Crippen molar-refractivity contribution in [3.8, 4) is 0 Å². The van der Waals surface area contributed by atoms with Gasteiger partial charge in [-0.05, 0) is 48.2 Å². The van der Waals surface area contributed by atoms with Crippen LogP contribution in [-0.4, -0.2) is 54.7 Å². The van der Waals surface area contributed by atoms with E-state index in [-0.39, 0.29) is 5.91 Å². The van der Waals surface area contributed by atoms with Gasteiger partial charge in [-0.3, -0.25) is 9.69 Å². The third-order valence-corrected chi connectivity index (χ3v) is 5.65. The number of anilines is 1. The second kappa shape index (κ2) is 9.93. The molecule has 1 fully saturated rings. The number of hydrogen-bond donors (Lipinski definition) is 1. The largest absolute Gasteiger partial charge is 0.322 e. The van der Waals surface area contributed by atoms with Gasteiger partial charge in [-0.25, -0.2) is 0 Å². The predicted octanol–water partition coefficient (Wildman–Crippen LogP) is 3.94. The molecule has 144 valence electrons. The lowest BCUT2D eigenvalue weighted by molar-refractivity contribution is 0.102. The zero-order chi connectivity index (χ0) is 19.1. The Kier molecular flexibility index (Phi) is 7.33. The molecule has 0 radical (unpaired) electrons. The highest BCUT2D eigenvalue weighted by Gasteiger charge is 2.15. The second-order valence-corrected chi connectivity index (χ2v) is 7.86. The Hall–Kier alpha value is -1.82. The minimum absolute atomic E-state index is 0.0543. The highest BCUT2D eigenvalue weighted by Crippen LogP contribution is 2.16. The van der Waals surface area contributed by atoms with Gasteiger partial charge >= 0.3 is 0 Å². The molecule has 1 heterocycles. The predicted molar refractivity (Wildman–Crippen MR) is 115 cm³/mol. The van der Waals surface area contributed by atoms with E-state index in [4.69, 9.17) is 0 Å². The molecule has 0 saturated carbocycles. The number of carbonyl (C=O) groups excluding carboxylic acids is 1. The minimum atomic E-state index is -0.0543. The summed E-state index contributed by atoms with van der Waals surface area (Å²) in [5.41, 5.74) is 4.02. The molecule has 0 bridgehead atoms. The van der Waals surface area contributed by atoms with Gasteiger partial charge in [-0.2, -0.15) is 11.8 Å². The molecule has 0 aliphatic carbocycles. The Bertz CT molecular complexity index is 739. The van der Waals surface area contributed by atoms with Crippen molar-refractivity contribution < 1.29 is 4.79 Å². The maximum Gasteiger partial charge on any atom is 0.255 e. The summed E-state index contributed by atoms with van der Waals surface area (Å²) in [6.07, 6.45) is 2.07. The van der Waals surface area contributed by atoms with Gasteiger partial charge in [0.15, 0.2) is 0 Å². The van der Waals surface area contributed by atoms with Crippen LogP contribution in [-0.2, 0) is 12.3 Å². The number of rotatable bonds is 7. The lowest BCUT2D eigenvalue weighted by Gasteiger charge is -2.34. The lowest BCUT2D eigenvalue weighted by Crippen LogP contribution is -2.45. The molecule has 1 N–H and O–H groups in total. The molecule has 0 atom stereocenters. The maximum atomic E-state index is 12.5. The first-order chi connectivity index (χ1) is 13.2. The van der Waals surface area contributed by atoms with Crippen molar-refractivity contribution in [3.05, 3.63) is 65.2 Å². The van der Waals surface area contributed by atoms with Gasteiger partial charge in [0.25, 0.3) is 5.91 Å². The summed E-state index contributed by atoms with van der Waals surface area (Å²) >= 11 is 1.76. The van der Waals surface area contributed by atoms with E-state index < -0.39 is 0 Å². The standard InChI is InChI=1S/C22H29N3OS/c1-3-24-11-13-25(14-12-24)16-18-7-9-21(10-8-18)23-22(26)20-6-4-5-19(15-20)17-27-2/h4-10,15H,3,11-14,16-17H2,1-2H3,(H,23,26). The molecule has 1 aliphatic rings. The van der Waals surface area contributed by atoms with Crippen LogP contribution in [0.5, 0.6) is 0 Å². The van der Waals surface area contributed by atoms with Crippen molar-refractivity contribution >= 4 is 23.4 Å². The fourth-order valence-electron chi connectivity index (χ4n) is 3.39. The van der Waals surface area contributed by atoms with Gasteiger partial charge in [0, 0.05) is 49.7 Å². The molecule has 1 saturated heterocycles. The third kappa shape index (κ3) is 5.83. The van der Waals surface area contributed by atoms with Crippen molar-refractivity contribution in [2.75, 3.05) is 44.3 Å². The molecule has 0 spiro atoms. The van der Waals surface area contributed by atoms with Crippen LogP contribution >= 0.6 is 11.8 Å². The molecule has 5 heteroatoms. The molecule has 4 nitrogen and oxygen atoms in total. The molecular weight excluding hydrogens is 354 g/mol. The summed E-state index contributed by atoms with van der Waals surface area (Å²) in [7, 11) is 0. The van der Waals surface area contributed by atoms with E-state index in [9.17, 15) is 4.79 Å². The summed E-state index contributed by atoms with van der Waals surface area (Å²) in [4.78, 5) is 17.5. The maximum absolute atomic E-state index is 12.5. The van der Waals surface area contributed by atoms with E-state index in [0.29, 0.717) is 5.56 Å². The third-order valence-electron chi connectivity index (χ3n) is 5.03. The van der Waals surface area contributed by atoms with E-state index in [2.05, 4.69) is 46.5 Å². The number of thioether (sulfide) groups is 1. The number of piperazine rings is 1. The van der Waals surface area contributed by atoms with Crippen LogP contribution in [0.2, 0.25) is 0 Å². The van der Waals surface area contributed by atoms with Crippen LogP contribution in [0.3, 0.4) is 0 Å². The number of likely N-dealkylation sites (N-methyl/N-ethyl adjacent to an activating group) is 1. The fourth-order valence-corrected chi connectivity index (χ4v) is 3.90. The topological polar surface area (TPSA) is 35.6 Å². The van der Waals surface area contributed by atoms with Crippen molar-refractivity contribution in [1.82, 2.24) is 9.80 Å². The highest BCUT2D eigenvalue weighted by molar-refractivity contribution is 7.97. The smallest absolute Gasteiger partial charge is 0.255 e. The molecule has 1 aliphatic heterocycles. The molecule has 27 heavy (non-hydrogen) atoms. The van der Waals surface area contributed by atoms with Crippen LogP contribution < -0.4 is 5.32 Å². The average Bonchev–Trinajstić information content (AvgIpc) is 2.70.